The van der Waals surface area contributed by atoms with E-state index in [2.05, 4.69) is 0 Å². The molecule has 76 valence electrons. The highest BCUT2D eigenvalue weighted by molar-refractivity contribution is 5.89. The summed E-state index contributed by atoms with van der Waals surface area (Å²) in [4.78, 5) is 20.4. The highest BCUT2D eigenvalue weighted by atomic mass is 16.4. The van der Waals surface area contributed by atoms with Gasteiger partial charge in [-0.15, -0.1) is 0 Å². The third-order valence-corrected chi connectivity index (χ3v) is 1.37. The standard InChI is InChI=1S/C6H11NO6/c8-1-3(10)4(11)5(12)6(13)7-2-9/h2-5,8,10-12H,1H2,(H,7,9,13)/t3-,4-,5+/m0/s1. The molecule has 0 aromatic heterocycles. The maximum Gasteiger partial charge on any atom is 0.257 e. The second-order valence-corrected chi connectivity index (χ2v) is 2.31. The van der Waals surface area contributed by atoms with Crippen molar-refractivity contribution in [2.75, 3.05) is 6.61 Å². The Kier molecular flexibility index (Phi) is 5.16. The van der Waals surface area contributed by atoms with Crippen LogP contribution in [0.5, 0.6) is 0 Å². The SMILES string of the molecule is O=CNC(=O)[C@H](O)[C@@H](O)[C@@H](O)CO. The van der Waals surface area contributed by atoms with E-state index in [1.807, 2.05) is 0 Å². The molecule has 7 nitrogen and oxygen atoms in total. The molecule has 0 bridgehead atoms. The van der Waals surface area contributed by atoms with Crippen LogP contribution in [-0.2, 0) is 9.59 Å². The van der Waals surface area contributed by atoms with Crippen LogP contribution in [0.1, 0.15) is 0 Å². The van der Waals surface area contributed by atoms with Crippen LogP contribution >= 0.6 is 0 Å². The van der Waals surface area contributed by atoms with Gasteiger partial charge in [0.1, 0.15) is 12.2 Å². The molecule has 0 heterocycles. The number of aliphatic hydroxyl groups excluding tert-OH is 4. The maximum atomic E-state index is 10.7. The summed E-state index contributed by atoms with van der Waals surface area (Å²) in [5.41, 5.74) is 0. The van der Waals surface area contributed by atoms with Crippen LogP contribution in [-0.4, -0.2) is 57.7 Å². The van der Waals surface area contributed by atoms with E-state index < -0.39 is 30.8 Å². The molecule has 0 aliphatic carbocycles. The van der Waals surface area contributed by atoms with Crippen molar-refractivity contribution in [1.82, 2.24) is 5.32 Å². The number of amides is 2. The Morgan fingerprint density at radius 2 is 1.92 bits per heavy atom. The van der Waals surface area contributed by atoms with Gasteiger partial charge in [0, 0.05) is 0 Å². The van der Waals surface area contributed by atoms with Crippen molar-refractivity contribution in [2.45, 2.75) is 18.3 Å². The van der Waals surface area contributed by atoms with Crippen LogP contribution in [0.4, 0.5) is 0 Å². The van der Waals surface area contributed by atoms with Crippen molar-refractivity contribution in [1.29, 1.82) is 0 Å². The first-order valence-electron chi connectivity index (χ1n) is 3.43. The van der Waals surface area contributed by atoms with E-state index in [0.29, 0.717) is 0 Å². The fourth-order valence-electron chi connectivity index (χ4n) is 0.617. The van der Waals surface area contributed by atoms with E-state index in [1.165, 1.54) is 0 Å². The summed E-state index contributed by atoms with van der Waals surface area (Å²) in [7, 11) is 0. The van der Waals surface area contributed by atoms with Gasteiger partial charge in [0.05, 0.1) is 6.61 Å². The zero-order valence-corrected chi connectivity index (χ0v) is 6.62. The normalized spacial score (nSPS) is 17.2. The first kappa shape index (κ1) is 12.0. The van der Waals surface area contributed by atoms with E-state index in [0.717, 1.165) is 0 Å². The van der Waals surface area contributed by atoms with Gasteiger partial charge in [-0.1, -0.05) is 0 Å². The number of carbonyl (C=O) groups excluding carboxylic acids is 2. The molecule has 0 aliphatic heterocycles. The van der Waals surface area contributed by atoms with Crippen LogP contribution < -0.4 is 5.32 Å². The Balaban J connectivity index is 4.15. The molecule has 0 aromatic carbocycles. The molecule has 0 spiro atoms. The number of rotatable bonds is 5. The van der Waals surface area contributed by atoms with E-state index in [9.17, 15) is 9.59 Å². The van der Waals surface area contributed by atoms with Crippen molar-refractivity contribution in [3.63, 3.8) is 0 Å². The second kappa shape index (κ2) is 5.60. The molecule has 0 radical (unpaired) electrons. The van der Waals surface area contributed by atoms with Crippen molar-refractivity contribution in [3.8, 4) is 0 Å². The third kappa shape index (κ3) is 3.47. The summed E-state index contributed by atoms with van der Waals surface area (Å²) < 4.78 is 0. The van der Waals surface area contributed by atoms with E-state index in [-0.39, 0.29) is 6.41 Å². The molecule has 3 atom stereocenters. The number of nitrogens with one attached hydrogen (secondary N) is 1. The summed E-state index contributed by atoms with van der Waals surface area (Å²) in [6, 6.07) is 0. The molecule has 7 heteroatoms. The summed E-state index contributed by atoms with van der Waals surface area (Å²) in [5.74, 6) is -1.14. The van der Waals surface area contributed by atoms with Gasteiger partial charge in [-0.2, -0.15) is 0 Å². The quantitative estimate of drug-likeness (QED) is 0.286. The monoisotopic (exact) mass is 193 g/mol. The molecule has 2 amide bonds. The molecule has 0 fully saturated rings. The lowest BCUT2D eigenvalue weighted by atomic mass is 10.1. The van der Waals surface area contributed by atoms with Crippen LogP contribution in [0.15, 0.2) is 0 Å². The number of imide groups is 1. The Labute approximate surface area is 73.6 Å². The van der Waals surface area contributed by atoms with Crippen molar-refractivity contribution >= 4 is 12.3 Å². The van der Waals surface area contributed by atoms with E-state index in [1.54, 1.807) is 5.32 Å². The summed E-state index contributed by atoms with van der Waals surface area (Å²) in [6.45, 7) is -0.799. The molecule has 0 unspecified atom stereocenters. The summed E-state index contributed by atoms with van der Waals surface area (Å²) in [6.07, 6.45) is -5.38. The molecule has 0 aromatic rings. The van der Waals surface area contributed by atoms with Gasteiger partial charge in [0.15, 0.2) is 6.10 Å². The lowest BCUT2D eigenvalue weighted by Gasteiger charge is -2.19. The van der Waals surface area contributed by atoms with Gasteiger partial charge in [-0.05, 0) is 0 Å². The number of hydrogen-bond donors (Lipinski definition) is 5. The van der Waals surface area contributed by atoms with E-state index >= 15 is 0 Å². The minimum atomic E-state index is -1.95. The predicted octanol–water partition coefficient (Wildman–Crippen LogP) is -3.67. The van der Waals surface area contributed by atoms with Crippen LogP contribution in [0, 0.1) is 0 Å². The Morgan fingerprint density at radius 1 is 1.38 bits per heavy atom. The van der Waals surface area contributed by atoms with Gasteiger partial charge >= 0.3 is 0 Å². The molecule has 0 aliphatic rings. The average Bonchev–Trinajstić information content (AvgIpc) is 2.14. The third-order valence-electron chi connectivity index (χ3n) is 1.37. The fraction of sp³-hybridized carbons (Fsp3) is 0.667. The van der Waals surface area contributed by atoms with Gasteiger partial charge in [0.2, 0.25) is 6.41 Å². The Hall–Kier alpha value is -1.02. The van der Waals surface area contributed by atoms with Crippen molar-refractivity contribution < 1.29 is 30.0 Å². The molecular weight excluding hydrogens is 182 g/mol. The number of carbonyl (C=O) groups is 2. The maximum absolute atomic E-state index is 10.7. The molecule has 0 saturated carbocycles. The second-order valence-electron chi connectivity index (χ2n) is 2.31. The molecule has 13 heavy (non-hydrogen) atoms. The van der Waals surface area contributed by atoms with E-state index in [4.69, 9.17) is 20.4 Å². The van der Waals surface area contributed by atoms with Crippen LogP contribution in [0.3, 0.4) is 0 Å². The average molecular weight is 193 g/mol. The lowest BCUT2D eigenvalue weighted by molar-refractivity contribution is -0.143. The Bertz CT molecular complexity index is 184. The first-order valence-corrected chi connectivity index (χ1v) is 3.43. The van der Waals surface area contributed by atoms with Crippen molar-refractivity contribution in [2.24, 2.45) is 0 Å². The lowest BCUT2D eigenvalue weighted by Crippen LogP contribution is -2.48. The van der Waals surface area contributed by atoms with Crippen molar-refractivity contribution in [3.05, 3.63) is 0 Å². The minimum Gasteiger partial charge on any atom is -0.394 e. The van der Waals surface area contributed by atoms with Gasteiger partial charge < -0.3 is 20.4 Å². The highest BCUT2D eigenvalue weighted by Crippen LogP contribution is 1.99. The zero-order valence-electron chi connectivity index (χ0n) is 6.62. The summed E-state index contributed by atoms with van der Waals surface area (Å²) >= 11 is 0. The topological polar surface area (TPSA) is 127 Å². The smallest absolute Gasteiger partial charge is 0.257 e. The molecular formula is C6H11NO6. The fourth-order valence-corrected chi connectivity index (χ4v) is 0.617. The zero-order chi connectivity index (χ0) is 10.4. The van der Waals surface area contributed by atoms with Crippen LogP contribution in [0.25, 0.3) is 0 Å². The molecule has 0 rings (SSSR count). The van der Waals surface area contributed by atoms with Crippen LogP contribution in [0.2, 0.25) is 0 Å². The predicted molar refractivity (Wildman–Crippen MR) is 39.3 cm³/mol. The Morgan fingerprint density at radius 3 is 2.31 bits per heavy atom. The van der Waals surface area contributed by atoms with Gasteiger partial charge in [0.25, 0.3) is 5.91 Å². The number of hydrogen-bond acceptors (Lipinski definition) is 6. The molecule has 0 saturated heterocycles. The van der Waals surface area contributed by atoms with Gasteiger partial charge in [-0.3, -0.25) is 14.9 Å². The molecule has 5 N–H and O–H groups in total. The highest BCUT2D eigenvalue weighted by Gasteiger charge is 2.29. The first-order chi connectivity index (χ1) is 6.04. The minimum absolute atomic E-state index is 0.0313. The number of aliphatic hydroxyl groups is 4. The summed E-state index contributed by atoms with van der Waals surface area (Å²) in [5, 5.41) is 36.6. The van der Waals surface area contributed by atoms with Gasteiger partial charge in [-0.25, -0.2) is 0 Å². The largest absolute Gasteiger partial charge is 0.394 e.